The SMILES string of the molecule is C/N=C(/NC)c1c(OC)cc(C2CC2)cc1N(C=O)c1ccccc1Cl. The number of nitrogens with one attached hydrogen (secondary N) is 1. The average Bonchev–Trinajstić information content (AvgIpc) is 3.50. The molecule has 1 aliphatic carbocycles. The van der Waals surface area contributed by atoms with Crippen molar-refractivity contribution in [3.63, 3.8) is 0 Å². The van der Waals surface area contributed by atoms with E-state index in [1.165, 1.54) is 0 Å². The lowest BCUT2D eigenvalue weighted by atomic mass is 10.0. The van der Waals surface area contributed by atoms with E-state index in [1.54, 1.807) is 32.2 Å². The molecule has 0 heterocycles. The number of para-hydroxylation sites is 1. The van der Waals surface area contributed by atoms with Crippen molar-refractivity contribution >= 4 is 35.2 Å². The fraction of sp³-hybridized carbons (Fsp3) is 0.300. The molecule has 1 amide bonds. The van der Waals surface area contributed by atoms with Crippen molar-refractivity contribution in [2.75, 3.05) is 26.1 Å². The van der Waals surface area contributed by atoms with Crippen molar-refractivity contribution in [3.8, 4) is 5.75 Å². The predicted octanol–water partition coefficient (Wildman–Crippen LogP) is 4.12. The van der Waals surface area contributed by atoms with Gasteiger partial charge in [0.2, 0.25) is 6.41 Å². The van der Waals surface area contributed by atoms with E-state index in [9.17, 15) is 4.79 Å². The lowest BCUT2D eigenvalue weighted by Gasteiger charge is -2.25. The van der Waals surface area contributed by atoms with Gasteiger partial charge in [0.15, 0.2) is 0 Å². The van der Waals surface area contributed by atoms with Crippen molar-refractivity contribution in [2.45, 2.75) is 18.8 Å². The Labute approximate surface area is 158 Å². The third-order valence-electron chi connectivity index (χ3n) is 4.55. The average molecular weight is 372 g/mol. The highest BCUT2D eigenvalue weighted by atomic mass is 35.5. The maximum atomic E-state index is 12.1. The fourth-order valence-electron chi connectivity index (χ4n) is 3.10. The summed E-state index contributed by atoms with van der Waals surface area (Å²) in [4.78, 5) is 17.9. The summed E-state index contributed by atoms with van der Waals surface area (Å²) in [7, 11) is 5.12. The maximum absolute atomic E-state index is 12.1. The summed E-state index contributed by atoms with van der Waals surface area (Å²) in [5, 5.41) is 3.59. The van der Waals surface area contributed by atoms with E-state index in [0.29, 0.717) is 33.9 Å². The van der Waals surface area contributed by atoms with E-state index in [2.05, 4.69) is 10.3 Å². The Morgan fingerprint density at radius 1 is 1.31 bits per heavy atom. The summed E-state index contributed by atoms with van der Waals surface area (Å²) in [6, 6.07) is 11.3. The van der Waals surface area contributed by atoms with Crippen LogP contribution in [0, 0.1) is 0 Å². The van der Waals surface area contributed by atoms with Crippen LogP contribution in [-0.2, 0) is 4.79 Å². The first-order valence-electron chi connectivity index (χ1n) is 8.50. The highest BCUT2D eigenvalue weighted by molar-refractivity contribution is 6.34. The monoisotopic (exact) mass is 371 g/mol. The van der Waals surface area contributed by atoms with Crippen LogP contribution in [0.2, 0.25) is 5.02 Å². The zero-order valence-electron chi connectivity index (χ0n) is 15.1. The number of hydrogen-bond donors (Lipinski definition) is 1. The first kappa shape index (κ1) is 18.3. The Morgan fingerprint density at radius 2 is 2.04 bits per heavy atom. The molecule has 136 valence electrons. The number of hydrogen-bond acceptors (Lipinski definition) is 3. The third kappa shape index (κ3) is 3.40. The standard InChI is InChI=1S/C20H22ClN3O2/c1-22-20(23-2)19-17(10-14(13-8-9-13)11-18(19)26-3)24(12-25)16-7-5-4-6-15(16)21/h4-7,10-13H,8-9H2,1-3H3,(H,22,23). The predicted molar refractivity (Wildman–Crippen MR) is 106 cm³/mol. The van der Waals surface area contributed by atoms with Gasteiger partial charge in [-0.3, -0.25) is 14.7 Å². The summed E-state index contributed by atoms with van der Waals surface area (Å²) < 4.78 is 5.65. The number of rotatable bonds is 6. The molecule has 0 aliphatic heterocycles. The number of carbonyl (C=O) groups is 1. The van der Waals surface area contributed by atoms with Gasteiger partial charge < -0.3 is 10.1 Å². The summed E-state index contributed by atoms with van der Waals surface area (Å²) in [5.74, 6) is 1.82. The van der Waals surface area contributed by atoms with Crippen LogP contribution >= 0.6 is 11.6 Å². The molecular weight excluding hydrogens is 350 g/mol. The molecule has 5 nitrogen and oxygen atoms in total. The van der Waals surface area contributed by atoms with Crippen molar-refractivity contribution in [3.05, 3.63) is 52.5 Å². The number of amidine groups is 1. The van der Waals surface area contributed by atoms with Gasteiger partial charge in [0.05, 0.1) is 29.1 Å². The molecule has 6 heteroatoms. The van der Waals surface area contributed by atoms with Crippen LogP contribution in [0.4, 0.5) is 11.4 Å². The highest BCUT2D eigenvalue weighted by Crippen LogP contribution is 2.45. The van der Waals surface area contributed by atoms with Gasteiger partial charge in [-0.05, 0) is 48.6 Å². The van der Waals surface area contributed by atoms with Crippen molar-refractivity contribution in [2.24, 2.45) is 4.99 Å². The van der Waals surface area contributed by atoms with E-state index in [0.717, 1.165) is 30.4 Å². The van der Waals surface area contributed by atoms with E-state index in [-0.39, 0.29) is 0 Å². The number of methoxy groups -OCH3 is 1. The number of halogens is 1. The molecule has 1 aliphatic rings. The van der Waals surface area contributed by atoms with Gasteiger partial charge >= 0.3 is 0 Å². The number of ether oxygens (including phenoxy) is 1. The molecule has 1 fully saturated rings. The first-order chi connectivity index (χ1) is 12.6. The smallest absolute Gasteiger partial charge is 0.218 e. The van der Waals surface area contributed by atoms with Crippen molar-refractivity contribution < 1.29 is 9.53 Å². The minimum Gasteiger partial charge on any atom is -0.496 e. The van der Waals surface area contributed by atoms with E-state index in [1.807, 2.05) is 30.3 Å². The van der Waals surface area contributed by atoms with E-state index < -0.39 is 0 Å². The van der Waals surface area contributed by atoms with Gasteiger partial charge in [-0.15, -0.1) is 0 Å². The number of aliphatic imine (C=N–C) groups is 1. The Morgan fingerprint density at radius 3 is 2.58 bits per heavy atom. The minimum atomic E-state index is 0.501. The summed E-state index contributed by atoms with van der Waals surface area (Å²) in [6.07, 6.45) is 3.07. The topological polar surface area (TPSA) is 53.9 Å². The van der Waals surface area contributed by atoms with Gasteiger partial charge in [-0.25, -0.2) is 0 Å². The molecule has 1 N–H and O–H groups in total. The number of amides is 1. The molecule has 0 saturated heterocycles. The minimum absolute atomic E-state index is 0.501. The lowest BCUT2D eigenvalue weighted by Crippen LogP contribution is -2.25. The molecule has 1 saturated carbocycles. The molecule has 0 unspecified atom stereocenters. The van der Waals surface area contributed by atoms with Crippen LogP contribution in [0.1, 0.15) is 29.9 Å². The molecule has 0 radical (unpaired) electrons. The number of nitrogens with zero attached hydrogens (tertiary/aromatic N) is 2. The van der Waals surface area contributed by atoms with Crippen LogP contribution in [0.25, 0.3) is 0 Å². The molecule has 2 aromatic carbocycles. The van der Waals surface area contributed by atoms with E-state index >= 15 is 0 Å². The zero-order valence-corrected chi connectivity index (χ0v) is 15.9. The van der Waals surface area contributed by atoms with Crippen LogP contribution < -0.4 is 15.0 Å². The quantitative estimate of drug-likeness (QED) is 0.472. The van der Waals surface area contributed by atoms with Crippen LogP contribution in [-0.4, -0.2) is 33.5 Å². The molecule has 3 rings (SSSR count). The molecule has 2 aromatic rings. The molecule has 0 aromatic heterocycles. The largest absolute Gasteiger partial charge is 0.496 e. The number of carbonyl (C=O) groups excluding carboxylic acids is 1. The highest BCUT2D eigenvalue weighted by Gasteiger charge is 2.29. The van der Waals surface area contributed by atoms with Crippen molar-refractivity contribution in [1.82, 2.24) is 5.32 Å². The maximum Gasteiger partial charge on any atom is 0.218 e. The Hall–Kier alpha value is -2.53. The number of anilines is 2. The molecular formula is C20H22ClN3O2. The normalized spacial score (nSPS) is 14.1. The fourth-order valence-corrected chi connectivity index (χ4v) is 3.33. The Kier molecular flexibility index (Phi) is 5.47. The molecule has 0 atom stereocenters. The zero-order chi connectivity index (χ0) is 18.7. The second kappa shape index (κ2) is 7.79. The lowest BCUT2D eigenvalue weighted by molar-refractivity contribution is -0.106. The Balaban J connectivity index is 2.27. The van der Waals surface area contributed by atoms with Crippen LogP contribution in [0.5, 0.6) is 5.75 Å². The summed E-state index contributed by atoms with van der Waals surface area (Å²) >= 11 is 6.36. The Bertz CT molecular complexity index is 847. The second-order valence-electron chi connectivity index (χ2n) is 6.14. The molecule has 26 heavy (non-hydrogen) atoms. The first-order valence-corrected chi connectivity index (χ1v) is 8.88. The molecule has 0 bridgehead atoms. The van der Waals surface area contributed by atoms with Gasteiger partial charge in [0.1, 0.15) is 11.6 Å². The van der Waals surface area contributed by atoms with Gasteiger partial charge in [-0.2, -0.15) is 0 Å². The summed E-state index contributed by atoms with van der Waals surface area (Å²) in [5.41, 5.74) is 3.20. The van der Waals surface area contributed by atoms with Gasteiger partial charge in [-0.1, -0.05) is 23.7 Å². The second-order valence-corrected chi connectivity index (χ2v) is 6.55. The van der Waals surface area contributed by atoms with Crippen LogP contribution in [0.3, 0.4) is 0 Å². The van der Waals surface area contributed by atoms with Gasteiger partial charge in [0.25, 0.3) is 0 Å². The van der Waals surface area contributed by atoms with Crippen molar-refractivity contribution in [1.29, 1.82) is 0 Å². The third-order valence-corrected chi connectivity index (χ3v) is 4.87. The van der Waals surface area contributed by atoms with E-state index in [4.69, 9.17) is 16.3 Å². The van der Waals surface area contributed by atoms with Crippen LogP contribution in [0.15, 0.2) is 41.4 Å². The summed E-state index contributed by atoms with van der Waals surface area (Å²) in [6.45, 7) is 0. The number of benzene rings is 2. The van der Waals surface area contributed by atoms with Gasteiger partial charge in [0, 0.05) is 14.1 Å². The molecule has 0 spiro atoms.